The van der Waals surface area contributed by atoms with Crippen molar-refractivity contribution in [2.75, 3.05) is 13.2 Å². The van der Waals surface area contributed by atoms with Crippen LogP contribution in [0.5, 0.6) is 23.0 Å². The molecule has 0 unspecified atom stereocenters. The number of pyridine rings is 2. The molecule has 290 valence electrons. The average molecular weight is 769 g/mol. The molecule has 0 spiro atoms. The van der Waals surface area contributed by atoms with Crippen molar-refractivity contribution in [3.63, 3.8) is 0 Å². The van der Waals surface area contributed by atoms with Gasteiger partial charge in [-0.3, -0.25) is 9.59 Å². The van der Waals surface area contributed by atoms with Gasteiger partial charge in [-0.2, -0.15) is 0 Å². The highest BCUT2D eigenvalue weighted by atomic mass is 16.5. The van der Waals surface area contributed by atoms with E-state index in [9.17, 15) is 9.59 Å². The third-order valence-corrected chi connectivity index (χ3v) is 11.7. The zero-order chi connectivity index (χ0) is 40.1. The second-order valence-electron chi connectivity index (χ2n) is 16.7. The van der Waals surface area contributed by atoms with E-state index in [4.69, 9.17) is 18.9 Å². The van der Waals surface area contributed by atoms with Crippen LogP contribution in [0.4, 0.5) is 0 Å². The Bertz CT molecular complexity index is 3040. The first kappa shape index (κ1) is 35.8. The van der Waals surface area contributed by atoms with E-state index in [0.717, 1.165) is 54.7 Å². The summed E-state index contributed by atoms with van der Waals surface area (Å²) in [5.41, 5.74) is 3.79. The molecule has 8 heteroatoms. The minimum atomic E-state index is -0.514. The summed E-state index contributed by atoms with van der Waals surface area (Å²) in [5, 5.41) is 6.49. The smallest absolute Gasteiger partial charge is 0.201 e. The van der Waals surface area contributed by atoms with Gasteiger partial charge in [-0.05, 0) is 111 Å². The van der Waals surface area contributed by atoms with Gasteiger partial charge in [0.2, 0.25) is 10.9 Å². The van der Waals surface area contributed by atoms with Crippen LogP contribution in [0.3, 0.4) is 0 Å². The summed E-state index contributed by atoms with van der Waals surface area (Å²) >= 11 is 0. The minimum Gasteiger partial charge on any atom is -0.493 e. The summed E-state index contributed by atoms with van der Waals surface area (Å²) in [4.78, 5) is 28.9. The first-order valence-corrected chi connectivity index (χ1v) is 19.9. The molecule has 8 nitrogen and oxygen atoms in total. The number of nitrogens with zero attached hydrogens (tertiary/aromatic N) is 2. The third-order valence-electron chi connectivity index (χ3n) is 11.7. The molecule has 8 aromatic rings. The van der Waals surface area contributed by atoms with Gasteiger partial charge < -0.3 is 28.1 Å². The molecule has 6 aromatic carbocycles. The van der Waals surface area contributed by atoms with E-state index in [-0.39, 0.29) is 10.9 Å². The van der Waals surface area contributed by atoms with E-state index in [1.807, 2.05) is 115 Å². The predicted molar refractivity (Wildman–Crippen MR) is 236 cm³/mol. The fourth-order valence-corrected chi connectivity index (χ4v) is 8.79. The highest BCUT2D eigenvalue weighted by molar-refractivity contribution is 6.07. The number of hydrogen-bond donors (Lipinski definition) is 0. The van der Waals surface area contributed by atoms with Crippen molar-refractivity contribution in [1.82, 2.24) is 9.13 Å². The molecule has 2 aliphatic rings. The van der Waals surface area contributed by atoms with Gasteiger partial charge in [0.05, 0.1) is 46.1 Å². The van der Waals surface area contributed by atoms with Crippen LogP contribution in [0.15, 0.2) is 107 Å². The third kappa shape index (κ3) is 5.72. The van der Waals surface area contributed by atoms with Crippen molar-refractivity contribution in [3.8, 4) is 23.0 Å². The average Bonchev–Trinajstić information content (AvgIpc) is 3.20. The second-order valence-corrected chi connectivity index (χ2v) is 16.7. The Morgan fingerprint density at radius 2 is 0.931 bits per heavy atom. The molecule has 0 aliphatic carbocycles. The van der Waals surface area contributed by atoms with Gasteiger partial charge in [0.25, 0.3) is 0 Å². The van der Waals surface area contributed by atoms with Gasteiger partial charge in [-0.15, -0.1) is 0 Å². The Balaban J connectivity index is 0.974. The highest BCUT2D eigenvalue weighted by Gasteiger charge is 2.29. The molecule has 0 atom stereocenters. The lowest BCUT2D eigenvalue weighted by atomic mass is 9.97. The summed E-state index contributed by atoms with van der Waals surface area (Å²) < 4.78 is 30.1. The molecule has 10 rings (SSSR count). The molecule has 0 saturated heterocycles. The van der Waals surface area contributed by atoms with Crippen LogP contribution in [0, 0.1) is 0 Å². The van der Waals surface area contributed by atoms with Crippen LogP contribution in [-0.2, 0) is 14.1 Å². The molecule has 2 aromatic heterocycles. The maximum absolute atomic E-state index is 14.4. The maximum atomic E-state index is 14.4. The van der Waals surface area contributed by atoms with E-state index in [2.05, 4.69) is 45.6 Å². The lowest BCUT2D eigenvalue weighted by molar-refractivity contribution is 0.157. The summed E-state index contributed by atoms with van der Waals surface area (Å²) in [6, 6.07) is 28.0. The zero-order valence-electron chi connectivity index (χ0n) is 33.6. The fourth-order valence-electron chi connectivity index (χ4n) is 8.79. The van der Waals surface area contributed by atoms with Gasteiger partial charge >= 0.3 is 0 Å². The van der Waals surface area contributed by atoms with E-state index < -0.39 is 11.2 Å². The quantitative estimate of drug-likeness (QED) is 0.119. The molecule has 0 amide bonds. The Kier molecular flexibility index (Phi) is 8.03. The molecule has 0 fully saturated rings. The predicted octanol–water partition coefficient (Wildman–Crippen LogP) is 10.6. The van der Waals surface area contributed by atoms with Crippen molar-refractivity contribution in [1.29, 1.82) is 0 Å². The van der Waals surface area contributed by atoms with E-state index >= 15 is 0 Å². The number of ether oxygens (including phenoxy) is 4. The van der Waals surface area contributed by atoms with E-state index in [0.29, 0.717) is 70.6 Å². The monoisotopic (exact) mass is 768 g/mol. The van der Waals surface area contributed by atoms with Crippen LogP contribution in [0.2, 0.25) is 0 Å². The molecular formula is C50H44N2O6. The molecule has 0 N–H and O–H groups in total. The summed E-state index contributed by atoms with van der Waals surface area (Å²) in [6.45, 7) is 8.75. The first-order chi connectivity index (χ1) is 27.9. The Labute approximate surface area is 335 Å². The van der Waals surface area contributed by atoms with Gasteiger partial charge in [0.1, 0.15) is 34.2 Å². The zero-order valence-corrected chi connectivity index (χ0v) is 33.6. The van der Waals surface area contributed by atoms with Gasteiger partial charge in [-0.25, -0.2) is 0 Å². The largest absolute Gasteiger partial charge is 0.493 e. The number of aryl methyl sites for hydroxylation is 2. The molecular weight excluding hydrogens is 725 g/mol. The van der Waals surface area contributed by atoms with E-state index in [1.54, 1.807) is 0 Å². The summed E-state index contributed by atoms with van der Waals surface area (Å²) in [5.74, 6) is 2.34. The van der Waals surface area contributed by atoms with Crippen LogP contribution >= 0.6 is 0 Å². The second kappa shape index (κ2) is 13.0. The summed E-state index contributed by atoms with van der Waals surface area (Å²) in [7, 11) is 4.00. The number of benzene rings is 6. The SMILES string of the molecule is Cn1c2cc3ccccc3cc2c(=O)c2c(OCCCCOc3cc4c(c5c3c(=O)c3cc6ccccc6cc3n5C)C=CC(C)(C)O4)cc3c(c21)C=CC(C)(C)O3. The number of hydrogen-bond acceptors (Lipinski definition) is 6. The van der Waals surface area contributed by atoms with Crippen molar-refractivity contribution >= 4 is 77.3 Å². The molecule has 4 heterocycles. The summed E-state index contributed by atoms with van der Waals surface area (Å²) in [6.07, 6.45) is 9.45. The molecule has 58 heavy (non-hydrogen) atoms. The first-order valence-electron chi connectivity index (χ1n) is 19.9. The van der Waals surface area contributed by atoms with Gasteiger partial charge in [0, 0.05) is 48.1 Å². The van der Waals surface area contributed by atoms with Crippen LogP contribution in [-0.4, -0.2) is 33.6 Å². The Morgan fingerprint density at radius 1 is 0.552 bits per heavy atom. The van der Waals surface area contributed by atoms with E-state index in [1.165, 1.54) is 0 Å². The lowest BCUT2D eigenvalue weighted by Gasteiger charge is -2.30. The van der Waals surface area contributed by atoms with Crippen molar-refractivity contribution in [2.45, 2.75) is 51.7 Å². The Morgan fingerprint density at radius 3 is 1.33 bits per heavy atom. The highest BCUT2D eigenvalue weighted by Crippen LogP contribution is 2.43. The van der Waals surface area contributed by atoms with Gasteiger partial charge in [0.15, 0.2) is 0 Å². The van der Waals surface area contributed by atoms with Crippen molar-refractivity contribution < 1.29 is 18.9 Å². The van der Waals surface area contributed by atoms with Crippen LogP contribution in [0.25, 0.3) is 77.3 Å². The molecule has 0 saturated carbocycles. The number of fused-ring (bicyclic) bond motifs is 10. The minimum absolute atomic E-state index is 0.0742. The molecule has 2 aliphatic heterocycles. The lowest BCUT2D eigenvalue weighted by Crippen LogP contribution is -2.28. The van der Waals surface area contributed by atoms with Crippen molar-refractivity contribution in [3.05, 3.63) is 129 Å². The fraction of sp³-hybridized carbons (Fsp3) is 0.240. The maximum Gasteiger partial charge on any atom is 0.201 e. The van der Waals surface area contributed by atoms with Crippen LogP contribution < -0.4 is 29.8 Å². The molecule has 0 bridgehead atoms. The number of unbranched alkanes of at least 4 members (excludes halogenated alkanes) is 1. The van der Waals surface area contributed by atoms with Crippen molar-refractivity contribution in [2.24, 2.45) is 14.1 Å². The topological polar surface area (TPSA) is 80.9 Å². The number of rotatable bonds is 7. The molecule has 0 radical (unpaired) electrons. The Hall–Kier alpha value is -6.54. The van der Waals surface area contributed by atoms with Crippen LogP contribution in [0.1, 0.15) is 51.7 Å². The number of aromatic nitrogens is 2. The standard InChI is InChI=1S/C50H44N2O6/c1-49(2)19-17-33-39(57-49)27-41(43-45(33)51(5)37-25-31-15-9-7-13-29(31)23-35(37)47(43)53)55-21-11-12-22-56-42-28-40-34(18-20-50(3,4)58-40)46-44(42)48(54)36-24-30-14-8-10-16-32(30)26-38(36)52(46)6/h7-10,13-20,23-28H,11-12,21-22H2,1-6H3. The van der Waals surface area contributed by atoms with Gasteiger partial charge in [-0.1, -0.05) is 48.5 Å². The normalized spacial score (nSPS) is 15.2.